The van der Waals surface area contributed by atoms with Crippen LogP contribution in [0.3, 0.4) is 0 Å². The number of carbonyl (C=O) groups is 1. The van der Waals surface area contributed by atoms with Crippen LogP contribution in [0.25, 0.3) is 23.1 Å². The third-order valence-electron chi connectivity index (χ3n) is 5.18. The summed E-state index contributed by atoms with van der Waals surface area (Å²) in [5, 5.41) is 3.44. The van der Waals surface area contributed by atoms with Crippen molar-refractivity contribution in [3.05, 3.63) is 76.3 Å². The zero-order chi connectivity index (χ0) is 20.1. The molecule has 4 rings (SSSR count). The average molecular weight is 388 g/mol. The minimum atomic E-state index is -0.384. The first-order valence-electron chi connectivity index (χ1n) is 10.0. The molecule has 6 nitrogen and oxygen atoms in total. The topological polar surface area (TPSA) is 76.0 Å². The Morgan fingerprint density at radius 2 is 1.69 bits per heavy atom. The number of carbonyl (C=O) groups excluding carboxylic acids is 1. The maximum Gasteiger partial charge on any atom is 0.334 e. The van der Waals surface area contributed by atoms with Gasteiger partial charge in [-0.3, -0.25) is 4.79 Å². The maximum atomic E-state index is 13.0. The molecule has 1 fully saturated rings. The van der Waals surface area contributed by atoms with E-state index in [1.165, 1.54) is 11.1 Å². The number of fused-ring (bicyclic) bond motifs is 1. The Labute approximate surface area is 169 Å². The smallest absolute Gasteiger partial charge is 0.334 e. The largest absolute Gasteiger partial charge is 0.334 e. The van der Waals surface area contributed by atoms with Crippen molar-refractivity contribution in [3.63, 3.8) is 0 Å². The van der Waals surface area contributed by atoms with Crippen LogP contribution in [-0.2, 0) is 0 Å². The highest BCUT2D eigenvalue weighted by Gasteiger charge is 2.17. The van der Waals surface area contributed by atoms with Crippen LogP contribution < -0.4 is 16.3 Å². The van der Waals surface area contributed by atoms with E-state index < -0.39 is 0 Å². The van der Waals surface area contributed by atoms with Crippen molar-refractivity contribution in [2.24, 2.45) is 0 Å². The number of benzene rings is 2. The van der Waals surface area contributed by atoms with Gasteiger partial charge in [0.05, 0.1) is 10.9 Å². The van der Waals surface area contributed by atoms with Crippen molar-refractivity contribution < 1.29 is 4.79 Å². The minimum absolute atomic E-state index is 0.149. The number of hydrogen-bond acceptors (Lipinski definition) is 3. The molecular formula is C23H24N4O2. The average Bonchev–Trinajstić information content (AvgIpc) is 2.76. The SMILES string of the molecule is O=C(NC1CCCCC1)Nn1c(/C=C/c2ccccc2)nc2ccccc2c1=O. The number of nitrogens with one attached hydrogen (secondary N) is 2. The van der Waals surface area contributed by atoms with E-state index >= 15 is 0 Å². The Bertz CT molecular complexity index is 1080. The van der Waals surface area contributed by atoms with Crippen LogP contribution in [0.2, 0.25) is 0 Å². The van der Waals surface area contributed by atoms with Crippen molar-refractivity contribution in [2.45, 2.75) is 38.1 Å². The number of aromatic nitrogens is 2. The maximum absolute atomic E-state index is 13.0. The highest BCUT2D eigenvalue weighted by molar-refractivity contribution is 5.84. The quantitative estimate of drug-likeness (QED) is 0.705. The Kier molecular flexibility index (Phi) is 5.70. The number of amides is 2. The summed E-state index contributed by atoms with van der Waals surface area (Å²) in [6.07, 6.45) is 9.00. The van der Waals surface area contributed by atoms with Gasteiger partial charge in [0.2, 0.25) is 0 Å². The molecule has 148 valence electrons. The lowest BCUT2D eigenvalue weighted by Crippen LogP contribution is -2.45. The van der Waals surface area contributed by atoms with E-state index in [0.29, 0.717) is 16.7 Å². The molecule has 29 heavy (non-hydrogen) atoms. The molecule has 0 saturated heterocycles. The van der Waals surface area contributed by atoms with Crippen LogP contribution >= 0.6 is 0 Å². The number of rotatable bonds is 4. The molecule has 6 heteroatoms. The fraction of sp³-hybridized carbons (Fsp3) is 0.261. The summed E-state index contributed by atoms with van der Waals surface area (Å²) < 4.78 is 1.22. The van der Waals surface area contributed by atoms with E-state index in [0.717, 1.165) is 31.2 Å². The summed E-state index contributed by atoms with van der Waals surface area (Å²) in [6, 6.07) is 16.7. The molecule has 2 amide bonds. The first kappa shape index (κ1) is 18.9. The van der Waals surface area contributed by atoms with Crippen LogP contribution in [0.5, 0.6) is 0 Å². The van der Waals surface area contributed by atoms with Gasteiger partial charge < -0.3 is 5.32 Å². The van der Waals surface area contributed by atoms with Crippen LogP contribution in [0.4, 0.5) is 4.79 Å². The molecule has 1 heterocycles. The second-order valence-electron chi connectivity index (χ2n) is 7.29. The molecule has 0 aliphatic heterocycles. The van der Waals surface area contributed by atoms with Gasteiger partial charge in [0.15, 0.2) is 5.82 Å². The van der Waals surface area contributed by atoms with Gasteiger partial charge in [-0.25, -0.2) is 15.2 Å². The fourth-order valence-corrected chi connectivity index (χ4v) is 3.67. The van der Waals surface area contributed by atoms with E-state index in [-0.39, 0.29) is 17.6 Å². The first-order valence-corrected chi connectivity index (χ1v) is 10.0. The Hall–Kier alpha value is -3.41. The van der Waals surface area contributed by atoms with Crippen molar-refractivity contribution in [2.75, 3.05) is 5.43 Å². The first-order chi connectivity index (χ1) is 14.2. The molecule has 0 atom stereocenters. The van der Waals surface area contributed by atoms with Crippen LogP contribution in [0.1, 0.15) is 43.5 Å². The molecule has 2 N–H and O–H groups in total. The molecule has 1 aliphatic carbocycles. The van der Waals surface area contributed by atoms with Crippen molar-refractivity contribution in [1.29, 1.82) is 0 Å². The standard InChI is InChI=1S/C23H24N4O2/c28-22-19-13-7-8-14-20(19)25-21(16-15-17-9-3-1-4-10-17)27(22)26-23(29)24-18-11-5-2-6-12-18/h1,3-4,7-10,13-16,18H,2,5-6,11-12H2,(H2,24,26,29)/b16-15+. The summed E-state index contributed by atoms with van der Waals surface area (Å²) in [4.78, 5) is 30.2. The lowest BCUT2D eigenvalue weighted by Gasteiger charge is -2.23. The molecule has 1 aliphatic rings. The van der Waals surface area contributed by atoms with Crippen molar-refractivity contribution in [1.82, 2.24) is 15.0 Å². The third-order valence-corrected chi connectivity index (χ3v) is 5.18. The van der Waals surface area contributed by atoms with E-state index in [9.17, 15) is 9.59 Å². The van der Waals surface area contributed by atoms with E-state index in [1.807, 2.05) is 42.5 Å². The molecule has 0 radical (unpaired) electrons. The zero-order valence-corrected chi connectivity index (χ0v) is 16.2. The lowest BCUT2D eigenvalue weighted by atomic mass is 9.96. The van der Waals surface area contributed by atoms with Gasteiger partial charge in [-0.1, -0.05) is 67.8 Å². The summed E-state index contributed by atoms with van der Waals surface area (Å²) in [5.41, 5.74) is 3.96. The van der Waals surface area contributed by atoms with Crippen LogP contribution in [0.15, 0.2) is 59.4 Å². The summed E-state index contributed by atoms with van der Waals surface area (Å²) >= 11 is 0. The van der Waals surface area contributed by atoms with E-state index in [1.54, 1.807) is 24.3 Å². The molecule has 1 aromatic heterocycles. The Morgan fingerprint density at radius 3 is 2.48 bits per heavy atom. The van der Waals surface area contributed by atoms with Gasteiger partial charge in [0.1, 0.15) is 0 Å². The monoisotopic (exact) mass is 388 g/mol. The summed E-state index contributed by atoms with van der Waals surface area (Å²) in [5.74, 6) is 0.372. The second kappa shape index (κ2) is 8.73. The highest BCUT2D eigenvalue weighted by Crippen LogP contribution is 2.17. The van der Waals surface area contributed by atoms with Crippen LogP contribution in [0, 0.1) is 0 Å². The Morgan fingerprint density at radius 1 is 0.966 bits per heavy atom. The molecule has 1 saturated carbocycles. The third kappa shape index (κ3) is 4.54. The van der Waals surface area contributed by atoms with Crippen LogP contribution in [-0.4, -0.2) is 21.7 Å². The number of nitrogens with zero attached hydrogens (tertiary/aromatic N) is 2. The zero-order valence-electron chi connectivity index (χ0n) is 16.2. The summed E-state index contributed by atoms with van der Waals surface area (Å²) in [6.45, 7) is 0. The fourth-order valence-electron chi connectivity index (χ4n) is 3.67. The predicted molar refractivity (Wildman–Crippen MR) is 116 cm³/mol. The summed E-state index contributed by atoms with van der Waals surface area (Å²) in [7, 11) is 0. The molecular weight excluding hydrogens is 364 g/mol. The molecule has 0 spiro atoms. The van der Waals surface area contributed by atoms with E-state index in [2.05, 4.69) is 15.7 Å². The van der Waals surface area contributed by atoms with Gasteiger partial charge in [0.25, 0.3) is 5.56 Å². The van der Waals surface area contributed by atoms with Gasteiger partial charge in [-0.15, -0.1) is 0 Å². The lowest BCUT2D eigenvalue weighted by molar-refractivity contribution is 0.241. The predicted octanol–water partition coefficient (Wildman–Crippen LogP) is 4.15. The van der Waals surface area contributed by atoms with Gasteiger partial charge in [0, 0.05) is 6.04 Å². The molecule has 3 aromatic rings. The van der Waals surface area contributed by atoms with E-state index in [4.69, 9.17) is 0 Å². The van der Waals surface area contributed by atoms with Crippen molar-refractivity contribution >= 4 is 29.1 Å². The second-order valence-corrected chi connectivity index (χ2v) is 7.29. The number of urea groups is 1. The number of para-hydroxylation sites is 1. The molecule has 2 aromatic carbocycles. The molecule has 0 unspecified atom stereocenters. The Balaban J connectivity index is 1.66. The molecule has 0 bridgehead atoms. The number of hydrogen-bond donors (Lipinski definition) is 2. The van der Waals surface area contributed by atoms with Gasteiger partial charge >= 0.3 is 6.03 Å². The normalized spacial score (nSPS) is 14.9. The highest BCUT2D eigenvalue weighted by atomic mass is 16.2. The van der Waals surface area contributed by atoms with Gasteiger partial charge in [-0.05, 0) is 36.6 Å². The minimum Gasteiger partial charge on any atom is -0.334 e. The van der Waals surface area contributed by atoms with Gasteiger partial charge in [-0.2, -0.15) is 4.68 Å². The van der Waals surface area contributed by atoms with Crippen molar-refractivity contribution in [3.8, 4) is 0 Å².